The highest BCUT2D eigenvalue weighted by Crippen LogP contribution is 2.38. The van der Waals surface area contributed by atoms with Crippen LogP contribution in [0.4, 0.5) is 0 Å². The molecule has 1 aromatic rings. The van der Waals surface area contributed by atoms with Gasteiger partial charge in [-0.25, -0.2) is 4.79 Å². The van der Waals surface area contributed by atoms with E-state index in [-0.39, 0.29) is 0 Å². The molecule has 0 aliphatic carbocycles. The van der Waals surface area contributed by atoms with Gasteiger partial charge in [0.05, 0.1) is 25.4 Å². The monoisotopic (exact) mass is 464 g/mol. The molecule has 2 saturated heterocycles. The van der Waals surface area contributed by atoms with Gasteiger partial charge in [0.2, 0.25) is 12.0 Å². The number of carbonyl (C=O) groups is 1. The highest BCUT2D eigenvalue weighted by atomic mass is 16.7. The van der Waals surface area contributed by atoms with Crippen LogP contribution >= 0.6 is 0 Å². The molecule has 2 aliphatic heterocycles. The zero-order chi connectivity index (χ0) is 23.8. The Kier molecular flexibility index (Phi) is 7.09. The molecule has 14 heteroatoms. The van der Waals surface area contributed by atoms with Gasteiger partial charge in [-0.1, -0.05) is 0 Å². The van der Waals surface area contributed by atoms with Gasteiger partial charge in [0.15, 0.2) is 17.8 Å². The van der Waals surface area contributed by atoms with Gasteiger partial charge in [-0.05, 0) is 12.1 Å². The fourth-order valence-electron chi connectivity index (χ4n) is 3.21. The zero-order valence-electron chi connectivity index (χ0n) is 16.4. The molecule has 0 spiro atoms. The summed E-state index contributed by atoms with van der Waals surface area (Å²) in [6.45, 7) is -1.78. The number of phenols is 2. The fourth-order valence-corrected chi connectivity index (χ4v) is 3.21. The fraction of sp³-hybridized carbons (Fsp3) is 0.611. The summed E-state index contributed by atoms with van der Waals surface area (Å²) in [5.74, 6) is -3.72. The number of aromatic carboxylic acids is 1. The zero-order valence-corrected chi connectivity index (χ0v) is 16.4. The molecule has 180 valence electrons. The van der Waals surface area contributed by atoms with Crippen LogP contribution in [0.3, 0.4) is 0 Å². The lowest BCUT2D eigenvalue weighted by molar-refractivity contribution is -0.289. The normalized spacial score (nSPS) is 37.4. The molecule has 0 bridgehead atoms. The second kappa shape index (κ2) is 9.30. The summed E-state index contributed by atoms with van der Waals surface area (Å²) in [6.07, 6.45) is -11.6. The van der Waals surface area contributed by atoms with Gasteiger partial charge in [-0.3, -0.25) is 0 Å². The van der Waals surface area contributed by atoms with Crippen molar-refractivity contribution in [1.82, 2.24) is 0 Å². The van der Waals surface area contributed by atoms with Crippen molar-refractivity contribution in [2.75, 3.05) is 19.8 Å². The van der Waals surface area contributed by atoms with E-state index in [1.54, 1.807) is 0 Å². The Labute approximate surface area is 180 Å². The van der Waals surface area contributed by atoms with Crippen molar-refractivity contribution < 1.29 is 69.7 Å². The van der Waals surface area contributed by atoms with Gasteiger partial charge >= 0.3 is 5.97 Å². The van der Waals surface area contributed by atoms with E-state index in [9.17, 15) is 40.5 Å². The first-order chi connectivity index (χ1) is 15.0. The SMILES string of the molecule is O=C(O)c1cc(O)c(O)c(O[C@@H]2O[C@H](CO[C@@H]3OC[C@](O)(CO)[C@@H]3O)[C@H](O)[C@H](O)[C@H]2O)c1. The molecule has 0 aromatic heterocycles. The van der Waals surface area contributed by atoms with Crippen LogP contribution in [0.25, 0.3) is 0 Å². The van der Waals surface area contributed by atoms with Gasteiger partial charge in [-0.15, -0.1) is 0 Å². The van der Waals surface area contributed by atoms with Crippen LogP contribution < -0.4 is 4.74 Å². The van der Waals surface area contributed by atoms with Gasteiger partial charge in [0.25, 0.3) is 0 Å². The number of carboxylic acids is 1. The number of aliphatic hydroxyl groups is 6. The van der Waals surface area contributed by atoms with Crippen molar-refractivity contribution in [2.24, 2.45) is 0 Å². The van der Waals surface area contributed by atoms with Crippen molar-refractivity contribution in [3.8, 4) is 17.2 Å². The Bertz CT molecular complexity index is 832. The number of benzene rings is 1. The Morgan fingerprint density at radius 2 is 1.78 bits per heavy atom. The van der Waals surface area contributed by atoms with E-state index in [1.165, 1.54) is 0 Å². The molecule has 9 N–H and O–H groups in total. The van der Waals surface area contributed by atoms with Crippen LogP contribution in [-0.4, -0.2) is 120 Å². The summed E-state index contributed by atoms with van der Waals surface area (Å²) in [6, 6.07) is 1.60. The summed E-state index contributed by atoms with van der Waals surface area (Å²) in [5, 5.41) is 88.2. The van der Waals surface area contributed by atoms with E-state index in [0.717, 1.165) is 12.1 Å². The van der Waals surface area contributed by atoms with E-state index in [2.05, 4.69) is 0 Å². The Hall–Kier alpha value is -2.27. The molecular formula is C18H24O14. The maximum absolute atomic E-state index is 11.1. The Balaban J connectivity index is 1.72. The first-order valence-electron chi connectivity index (χ1n) is 9.38. The Morgan fingerprint density at radius 1 is 1.09 bits per heavy atom. The van der Waals surface area contributed by atoms with Crippen molar-refractivity contribution in [2.45, 2.75) is 48.7 Å². The second-order valence-corrected chi connectivity index (χ2v) is 7.50. The Morgan fingerprint density at radius 3 is 2.38 bits per heavy atom. The number of phenolic OH excluding ortho intramolecular Hbond substituents is 2. The van der Waals surface area contributed by atoms with Crippen LogP contribution in [0, 0.1) is 0 Å². The van der Waals surface area contributed by atoms with Gasteiger partial charge in [-0.2, -0.15) is 0 Å². The molecular weight excluding hydrogens is 440 g/mol. The molecule has 0 radical (unpaired) electrons. The number of carboxylic acid groups (broad SMARTS) is 1. The quantitative estimate of drug-likeness (QED) is 0.178. The van der Waals surface area contributed by atoms with Gasteiger partial charge < -0.3 is 64.9 Å². The van der Waals surface area contributed by atoms with Crippen LogP contribution in [0.15, 0.2) is 12.1 Å². The smallest absolute Gasteiger partial charge is 0.335 e. The van der Waals surface area contributed by atoms with Crippen LogP contribution in [0.5, 0.6) is 17.2 Å². The lowest BCUT2D eigenvalue weighted by Gasteiger charge is -2.40. The van der Waals surface area contributed by atoms with E-state index in [4.69, 9.17) is 29.2 Å². The first-order valence-corrected chi connectivity index (χ1v) is 9.38. The maximum Gasteiger partial charge on any atom is 0.335 e. The molecule has 0 saturated carbocycles. The minimum absolute atomic E-state index is 0.431. The largest absolute Gasteiger partial charge is 0.504 e. The third kappa shape index (κ3) is 4.59. The lowest BCUT2D eigenvalue weighted by atomic mass is 9.99. The van der Waals surface area contributed by atoms with E-state index < -0.39 is 97.3 Å². The summed E-state index contributed by atoms with van der Waals surface area (Å²) < 4.78 is 20.9. The summed E-state index contributed by atoms with van der Waals surface area (Å²) in [5.41, 5.74) is -2.41. The highest BCUT2D eigenvalue weighted by molar-refractivity contribution is 5.89. The van der Waals surface area contributed by atoms with Crippen molar-refractivity contribution in [3.63, 3.8) is 0 Å². The minimum atomic E-state index is -1.95. The number of aliphatic hydroxyl groups excluding tert-OH is 5. The van der Waals surface area contributed by atoms with Crippen LogP contribution in [-0.2, 0) is 14.2 Å². The molecule has 0 unspecified atom stereocenters. The summed E-state index contributed by atoms with van der Waals surface area (Å²) in [7, 11) is 0. The van der Waals surface area contributed by atoms with Crippen molar-refractivity contribution >= 4 is 5.97 Å². The third-order valence-electron chi connectivity index (χ3n) is 5.22. The second-order valence-electron chi connectivity index (χ2n) is 7.50. The topological polar surface area (TPSA) is 236 Å². The number of hydrogen-bond donors (Lipinski definition) is 9. The van der Waals surface area contributed by atoms with Gasteiger partial charge in [0.1, 0.15) is 36.1 Å². The number of hydrogen-bond acceptors (Lipinski definition) is 13. The highest BCUT2D eigenvalue weighted by Gasteiger charge is 2.50. The summed E-state index contributed by atoms with van der Waals surface area (Å²) in [4.78, 5) is 11.1. The molecule has 2 heterocycles. The first kappa shape index (κ1) is 24.4. The maximum atomic E-state index is 11.1. The van der Waals surface area contributed by atoms with E-state index in [1.807, 2.05) is 0 Å². The molecule has 0 amide bonds. The predicted octanol–water partition coefficient (Wildman–Crippen LogP) is -3.56. The summed E-state index contributed by atoms with van der Waals surface area (Å²) >= 11 is 0. The third-order valence-corrected chi connectivity index (χ3v) is 5.22. The van der Waals surface area contributed by atoms with Crippen molar-refractivity contribution in [1.29, 1.82) is 0 Å². The molecule has 32 heavy (non-hydrogen) atoms. The van der Waals surface area contributed by atoms with Crippen LogP contribution in [0.1, 0.15) is 10.4 Å². The number of ether oxygens (including phenoxy) is 4. The average Bonchev–Trinajstić information content (AvgIpc) is 3.05. The lowest BCUT2D eigenvalue weighted by Crippen LogP contribution is -2.60. The predicted molar refractivity (Wildman–Crippen MR) is 97.8 cm³/mol. The van der Waals surface area contributed by atoms with Crippen LogP contribution in [0.2, 0.25) is 0 Å². The molecule has 2 fully saturated rings. The van der Waals surface area contributed by atoms with Crippen molar-refractivity contribution in [3.05, 3.63) is 17.7 Å². The molecule has 1 aromatic carbocycles. The average molecular weight is 464 g/mol. The standard InChI is InChI=1S/C18H24O14/c19-4-18(28)5-30-17(14(18)25)29-3-9-11(22)12(23)13(24)16(32-9)31-8-2-6(15(26)27)1-7(20)10(8)21/h1-2,9,11-14,16-17,19-25,28H,3-5H2,(H,26,27)/t9-,11+,12+,13-,14-,16-,17-,18-/m1/s1. The minimum Gasteiger partial charge on any atom is -0.504 e. The van der Waals surface area contributed by atoms with E-state index in [0.29, 0.717) is 0 Å². The molecule has 8 atom stereocenters. The van der Waals surface area contributed by atoms with E-state index >= 15 is 0 Å². The number of aromatic hydroxyl groups is 2. The number of rotatable bonds is 7. The molecule has 14 nitrogen and oxygen atoms in total. The molecule has 2 aliphatic rings. The van der Waals surface area contributed by atoms with Gasteiger partial charge in [0, 0.05) is 0 Å². The molecule has 3 rings (SSSR count).